The third-order valence-electron chi connectivity index (χ3n) is 3.53. The maximum atomic E-state index is 13.1. The molecule has 0 saturated heterocycles. The molecule has 3 heterocycles. The Morgan fingerprint density at radius 2 is 2.08 bits per heavy atom. The molecule has 0 aliphatic carbocycles. The SMILES string of the molecule is CC(c1cscn1)(n1cccn1)n1cc(C(=O)O)c(C(F)(F)F)n1. The van der Waals surface area contributed by atoms with Gasteiger partial charge in [0.2, 0.25) is 0 Å². The summed E-state index contributed by atoms with van der Waals surface area (Å²) in [5.41, 5.74) is -1.86. The summed E-state index contributed by atoms with van der Waals surface area (Å²) >= 11 is 1.25. The number of hydrogen-bond donors (Lipinski definition) is 1. The van der Waals surface area contributed by atoms with E-state index >= 15 is 0 Å². The number of rotatable bonds is 4. The van der Waals surface area contributed by atoms with Gasteiger partial charge >= 0.3 is 12.1 Å². The normalized spacial score (nSPS) is 14.5. The van der Waals surface area contributed by atoms with Crippen LogP contribution in [0.5, 0.6) is 0 Å². The van der Waals surface area contributed by atoms with Gasteiger partial charge < -0.3 is 5.11 Å². The van der Waals surface area contributed by atoms with Crippen molar-refractivity contribution in [2.24, 2.45) is 0 Å². The average Bonchev–Trinajstić information content (AvgIpc) is 3.24. The van der Waals surface area contributed by atoms with Crippen molar-refractivity contribution in [2.75, 3.05) is 0 Å². The van der Waals surface area contributed by atoms with Gasteiger partial charge in [0.25, 0.3) is 0 Å². The van der Waals surface area contributed by atoms with Crippen molar-refractivity contribution >= 4 is 17.3 Å². The van der Waals surface area contributed by atoms with Gasteiger partial charge in [-0.2, -0.15) is 23.4 Å². The summed E-state index contributed by atoms with van der Waals surface area (Å²) in [6, 6.07) is 1.59. The fourth-order valence-corrected chi connectivity index (χ4v) is 2.92. The van der Waals surface area contributed by atoms with E-state index in [1.54, 1.807) is 18.4 Å². The molecule has 1 N–H and O–H groups in total. The minimum absolute atomic E-state index is 0.379. The first-order valence-corrected chi connectivity index (χ1v) is 7.48. The molecule has 3 aromatic heterocycles. The van der Waals surface area contributed by atoms with E-state index in [-0.39, 0.29) is 0 Å². The van der Waals surface area contributed by atoms with Gasteiger partial charge in [0, 0.05) is 24.0 Å². The molecule has 1 unspecified atom stereocenters. The van der Waals surface area contributed by atoms with Crippen LogP contribution >= 0.6 is 11.3 Å². The summed E-state index contributed by atoms with van der Waals surface area (Å²) < 4.78 is 41.6. The highest BCUT2D eigenvalue weighted by atomic mass is 32.1. The molecule has 0 bridgehead atoms. The first kappa shape index (κ1) is 16.2. The zero-order valence-corrected chi connectivity index (χ0v) is 12.9. The Labute approximate surface area is 137 Å². The molecule has 126 valence electrons. The van der Waals surface area contributed by atoms with Crippen LogP contribution < -0.4 is 0 Å². The van der Waals surface area contributed by atoms with Crippen molar-refractivity contribution < 1.29 is 23.1 Å². The van der Waals surface area contributed by atoms with Crippen LogP contribution in [-0.4, -0.2) is 35.6 Å². The number of halogens is 3. The second kappa shape index (κ2) is 5.44. The van der Waals surface area contributed by atoms with Crippen LogP contribution in [0.25, 0.3) is 0 Å². The molecule has 0 spiro atoms. The summed E-state index contributed by atoms with van der Waals surface area (Å²) in [5.74, 6) is -1.71. The maximum Gasteiger partial charge on any atom is 0.436 e. The molecule has 0 saturated carbocycles. The Morgan fingerprint density at radius 1 is 1.33 bits per heavy atom. The number of aromatic nitrogens is 5. The number of thiazole rings is 1. The second-order valence-electron chi connectivity index (χ2n) is 4.98. The molecule has 0 fully saturated rings. The van der Waals surface area contributed by atoms with E-state index in [2.05, 4.69) is 15.2 Å². The highest BCUT2D eigenvalue weighted by Crippen LogP contribution is 2.34. The fourth-order valence-electron chi connectivity index (χ4n) is 2.28. The first-order chi connectivity index (χ1) is 11.2. The van der Waals surface area contributed by atoms with Gasteiger partial charge in [-0.1, -0.05) is 0 Å². The number of carboxylic acid groups (broad SMARTS) is 1. The number of aromatic carboxylic acids is 1. The molecular weight excluding hydrogens is 347 g/mol. The number of carboxylic acids is 1. The summed E-state index contributed by atoms with van der Waals surface area (Å²) in [4.78, 5) is 15.3. The monoisotopic (exact) mass is 357 g/mol. The molecule has 0 aromatic carbocycles. The molecule has 0 aliphatic heterocycles. The van der Waals surface area contributed by atoms with Crippen LogP contribution in [0, 0.1) is 0 Å². The summed E-state index contributed by atoms with van der Waals surface area (Å²) in [5, 5.41) is 18.3. The third-order valence-corrected chi connectivity index (χ3v) is 4.11. The van der Waals surface area contributed by atoms with Crippen LogP contribution in [0.15, 0.2) is 35.5 Å². The van der Waals surface area contributed by atoms with Gasteiger partial charge in [0.05, 0.1) is 5.51 Å². The van der Waals surface area contributed by atoms with E-state index in [4.69, 9.17) is 5.11 Å². The van der Waals surface area contributed by atoms with Gasteiger partial charge in [-0.05, 0) is 13.0 Å². The van der Waals surface area contributed by atoms with Crippen molar-refractivity contribution in [2.45, 2.75) is 18.8 Å². The Bertz CT molecular complexity index is 821. The quantitative estimate of drug-likeness (QED) is 0.775. The van der Waals surface area contributed by atoms with Crippen molar-refractivity contribution in [1.82, 2.24) is 24.5 Å². The molecule has 11 heteroatoms. The number of nitrogens with zero attached hydrogens (tertiary/aromatic N) is 5. The Hall–Kier alpha value is -2.69. The maximum absolute atomic E-state index is 13.1. The second-order valence-corrected chi connectivity index (χ2v) is 5.70. The van der Waals surface area contributed by atoms with E-state index in [0.717, 1.165) is 10.9 Å². The minimum atomic E-state index is -4.90. The topological polar surface area (TPSA) is 85.8 Å². The molecule has 3 rings (SSSR count). The molecule has 7 nitrogen and oxygen atoms in total. The smallest absolute Gasteiger partial charge is 0.436 e. The standard InChI is InChI=1S/C13H10F3N5O2S/c1-12(9-6-24-7-17-9,20-4-2-3-18-20)21-5-8(11(22)23)10(19-21)13(14,15)16/h2-7H,1H3,(H,22,23). The van der Waals surface area contributed by atoms with Gasteiger partial charge in [0.15, 0.2) is 11.4 Å². The fraction of sp³-hybridized carbons (Fsp3) is 0.231. The Morgan fingerprint density at radius 3 is 2.54 bits per heavy atom. The highest BCUT2D eigenvalue weighted by Gasteiger charge is 2.43. The average molecular weight is 357 g/mol. The third kappa shape index (κ3) is 2.46. The lowest BCUT2D eigenvalue weighted by Gasteiger charge is -2.29. The molecule has 1 atom stereocenters. The summed E-state index contributed by atoms with van der Waals surface area (Å²) in [6.07, 6.45) is -1.07. The number of alkyl halides is 3. The number of hydrogen-bond acceptors (Lipinski definition) is 5. The summed E-state index contributed by atoms with van der Waals surface area (Å²) in [7, 11) is 0. The van der Waals surface area contributed by atoms with Crippen LogP contribution in [0.1, 0.15) is 28.7 Å². The van der Waals surface area contributed by atoms with Gasteiger partial charge in [-0.3, -0.25) is 0 Å². The van der Waals surface area contributed by atoms with Crippen molar-refractivity contribution in [3.63, 3.8) is 0 Å². The van der Waals surface area contributed by atoms with E-state index in [1.165, 1.54) is 33.9 Å². The zero-order chi connectivity index (χ0) is 17.5. The van der Waals surface area contributed by atoms with Crippen LogP contribution in [-0.2, 0) is 11.8 Å². The Kier molecular flexibility index (Phi) is 3.67. The zero-order valence-electron chi connectivity index (χ0n) is 12.1. The predicted octanol–water partition coefficient (Wildman–Crippen LogP) is 2.52. The van der Waals surface area contributed by atoms with Crippen molar-refractivity contribution in [3.05, 3.63) is 52.5 Å². The van der Waals surface area contributed by atoms with E-state index < -0.39 is 29.1 Å². The minimum Gasteiger partial charge on any atom is -0.478 e. The lowest BCUT2D eigenvalue weighted by molar-refractivity contribution is -0.142. The molecular formula is C13H10F3N5O2S. The predicted molar refractivity (Wildman–Crippen MR) is 76.7 cm³/mol. The molecule has 24 heavy (non-hydrogen) atoms. The largest absolute Gasteiger partial charge is 0.478 e. The van der Waals surface area contributed by atoms with Gasteiger partial charge in [-0.15, -0.1) is 11.3 Å². The first-order valence-electron chi connectivity index (χ1n) is 6.54. The lowest BCUT2D eigenvalue weighted by atomic mass is 10.1. The van der Waals surface area contributed by atoms with Crippen LogP contribution in [0.3, 0.4) is 0 Å². The summed E-state index contributed by atoms with van der Waals surface area (Å²) in [6.45, 7) is 1.55. The van der Waals surface area contributed by atoms with Crippen LogP contribution in [0.2, 0.25) is 0 Å². The van der Waals surface area contributed by atoms with Crippen LogP contribution in [0.4, 0.5) is 13.2 Å². The molecule has 0 aliphatic rings. The molecule has 3 aromatic rings. The molecule has 0 radical (unpaired) electrons. The highest BCUT2D eigenvalue weighted by molar-refractivity contribution is 7.07. The van der Waals surface area contributed by atoms with Gasteiger partial charge in [0.1, 0.15) is 11.3 Å². The van der Waals surface area contributed by atoms with Gasteiger partial charge in [-0.25, -0.2) is 19.1 Å². The van der Waals surface area contributed by atoms with E-state index in [0.29, 0.717) is 5.69 Å². The number of carbonyl (C=O) groups is 1. The van der Waals surface area contributed by atoms with E-state index in [1.807, 2.05) is 0 Å². The lowest BCUT2D eigenvalue weighted by Crippen LogP contribution is -2.40. The Balaban J connectivity index is 2.26. The van der Waals surface area contributed by atoms with E-state index in [9.17, 15) is 18.0 Å². The van der Waals surface area contributed by atoms with Crippen molar-refractivity contribution in [1.29, 1.82) is 0 Å². The molecule has 0 amide bonds. The van der Waals surface area contributed by atoms with Crippen molar-refractivity contribution in [3.8, 4) is 0 Å².